The molecule has 3 aliphatic heterocycles. The number of nitrogens with one attached hydrogen (secondary N) is 1. The number of carbonyl (C=O) groups excluding carboxylic acids is 1. The Morgan fingerprint density at radius 2 is 1.91 bits per heavy atom. The van der Waals surface area contributed by atoms with E-state index in [1.165, 1.54) is 12.8 Å². The Labute approximate surface area is 188 Å². The number of carbonyl (C=O) groups is 1. The van der Waals surface area contributed by atoms with Crippen LogP contribution in [0.2, 0.25) is 0 Å². The van der Waals surface area contributed by atoms with Gasteiger partial charge in [-0.2, -0.15) is 0 Å². The minimum absolute atomic E-state index is 0.0687. The number of hydrogen-bond donors (Lipinski definition) is 1. The Hall–Kier alpha value is -2.19. The monoisotopic (exact) mass is 441 g/mol. The number of H-pyrrole nitrogens is 1. The molecule has 8 heteroatoms. The number of rotatable bonds is 5. The van der Waals surface area contributed by atoms with Crippen molar-refractivity contribution in [2.45, 2.75) is 76.8 Å². The second-order valence-corrected chi connectivity index (χ2v) is 9.57. The van der Waals surface area contributed by atoms with Gasteiger partial charge in [0.05, 0.1) is 11.7 Å². The second kappa shape index (κ2) is 9.35. The van der Waals surface area contributed by atoms with Crippen LogP contribution in [0.15, 0.2) is 10.9 Å². The number of piperidine rings is 1. The van der Waals surface area contributed by atoms with Crippen LogP contribution < -0.4 is 5.56 Å². The third-order valence-corrected chi connectivity index (χ3v) is 7.55. The summed E-state index contributed by atoms with van der Waals surface area (Å²) in [6.45, 7) is 6.34. The molecular formula is C24H35N5O3. The van der Waals surface area contributed by atoms with E-state index < -0.39 is 0 Å². The van der Waals surface area contributed by atoms with E-state index in [1.807, 2.05) is 17.9 Å². The summed E-state index contributed by atoms with van der Waals surface area (Å²) in [5.74, 6) is 0.152. The van der Waals surface area contributed by atoms with E-state index in [-0.39, 0.29) is 11.5 Å². The van der Waals surface area contributed by atoms with Gasteiger partial charge in [0, 0.05) is 56.1 Å². The number of amides is 1. The van der Waals surface area contributed by atoms with Gasteiger partial charge in [-0.3, -0.25) is 19.6 Å². The van der Waals surface area contributed by atoms with Gasteiger partial charge in [-0.05, 0) is 64.8 Å². The first-order chi connectivity index (χ1) is 15.6. The van der Waals surface area contributed by atoms with Gasteiger partial charge < -0.3 is 9.64 Å². The van der Waals surface area contributed by atoms with Crippen LogP contribution in [0.1, 0.15) is 74.4 Å². The molecule has 8 nitrogen and oxygen atoms in total. The summed E-state index contributed by atoms with van der Waals surface area (Å²) in [5.41, 5.74) is 3.06. The summed E-state index contributed by atoms with van der Waals surface area (Å²) < 4.78 is 7.14. The number of nitrogens with zero attached hydrogens (tertiary/aromatic N) is 4. The predicted molar refractivity (Wildman–Crippen MR) is 122 cm³/mol. The SMILES string of the molecule is Cc1nc2cc([C@@H]3CCCN3C3CCOCC3)[nH]n2c(=O)c1CCC(=O)N1CCCCC1. The molecule has 0 aliphatic carbocycles. The number of likely N-dealkylation sites (tertiary alicyclic amines) is 2. The van der Waals surface area contributed by atoms with Crippen LogP contribution in [-0.2, 0) is 16.0 Å². The molecule has 1 atom stereocenters. The molecule has 0 aromatic carbocycles. The Kier molecular flexibility index (Phi) is 6.33. The Balaban J connectivity index is 1.35. The summed E-state index contributed by atoms with van der Waals surface area (Å²) in [7, 11) is 0. The second-order valence-electron chi connectivity index (χ2n) is 9.57. The number of fused-ring (bicyclic) bond motifs is 1. The maximum absolute atomic E-state index is 13.3. The van der Waals surface area contributed by atoms with Crippen LogP contribution in [0.4, 0.5) is 0 Å². The smallest absolute Gasteiger partial charge is 0.276 e. The molecule has 0 spiro atoms. The highest BCUT2D eigenvalue weighted by Crippen LogP contribution is 2.35. The molecule has 0 radical (unpaired) electrons. The fraction of sp³-hybridized carbons (Fsp3) is 0.708. The van der Waals surface area contributed by atoms with Crippen molar-refractivity contribution < 1.29 is 9.53 Å². The zero-order valence-corrected chi connectivity index (χ0v) is 19.1. The number of aryl methyl sites for hydroxylation is 1. The minimum atomic E-state index is -0.0687. The van der Waals surface area contributed by atoms with Gasteiger partial charge in [0.15, 0.2) is 5.65 Å². The lowest BCUT2D eigenvalue weighted by Crippen LogP contribution is -2.39. The first kappa shape index (κ1) is 21.6. The molecule has 2 aromatic heterocycles. The largest absolute Gasteiger partial charge is 0.381 e. The lowest BCUT2D eigenvalue weighted by Gasteiger charge is -2.35. The molecule has 1 N–H and O–H groups in total. The van der Waals surface area contributed by atoms with Gasteiger partial charge in [0.1, 0.15) is 0 Å². The van der Waals surface area contributed by atoms with Gasteiger partial charge in [0.25, 0.3) is 5.56 Å². The van der Waals surface area contributed by atoms with Crippen molar-refractivity contribution in [2.24, 2.45) is 0 Å². The molecule has 5 rings (SSSR count). The minimum Gasteiger partial charge on any atom is -0.381 e. The maximum Gasteiger partial charge on any atom is 0.276 e. The Morgan fingerprint density at radius 1 is 1.12 bits per heavy atom. The van der Waals surface area contributed by atoms with Crippen LogP contribution in [0.5, 0.6) is 0 Å². The summed E-state index contributed by atoms with van der Waals surface area (Å²) in [4.78, 5) is 35.1. The molecule has 1 amide bonds. The standard InChI is InChI=1S/C24H35N5O3/c1-17-19(7-8-23(30)27-11-3-2-4-12-27)24(31)29-22(25-17)16-20(26-29)21-6-5-13-28(21)18-9-14-32-15-10-18/h16,18,21,26H,2-15H2,1H3/t21-/m0/s1. The van der Waals surface area contributed by atoms with Crippen LogP contribution in [0.25, 0.3) is 5.65 Å². The molecule has 32 heavy (non-hydrogen) atoms. The normalized spacial score (nSPS) is 23.3. The molecule has 174 valence electrons. The Morgan fingerprint density at radius 3 is 2.69 bits per heavy atom. The van der Waals surface area contributed by atoms with Gasteiger partial charge in [-0.25, -0.2) is 9.50 Å². The number of aromatic amines is 1. The average molecular weight is 442 g/mol. The number of ether oxygens (including phenoxy) is 1. The van der Waals surface area contributed by atoms with Gasteiger partial charge in [-0.1, -0.05) is 0 Å². The first-order valence-electron chi connectivity index (χ1n) is 12.3. The third-order valence-electron chi connectivity index (χ3n) is 7.55. The lowest BCUT2D eigenvalue weighted by molar-refractivity contribution is -0.132. The zero-order valence-electron chi connectivity index (χ0n) is 19.1. The first-order valence-corrected chi connectivity index (χ1v) is 12.3. The van der Waals surface area contributed by atoms with Crippen molar-refractivity contribution in [3.05, 3.63) is 33.4 Å². The van der Waals surface area contributed by atoms with Crippen LogP contribution in [0.3, 0.4) is 0 Å². The quantitative estimate of drug-likeness (QED) is 0.771. The molecule has 3 fully saturated rings. The van der Waals surface area contributed by atoms with Crippen molar-refractivity contribution in [1.29, 1.82) is 0 Å². The molecule has 3 aliphatic rings. The van der Waals surface area contributed by atoms with Crippen molar-refractivity contribution in [2.75, 3.05) is 32.8 Å². The van der Waals surface area contributed by atoms with Crippen molar-refractivity contribution >= 4 is 11.6 Å². The zero-order chi connectivity index (χ0) is 22.1. The lowest BCUT2D eigenvalue weighted by atomic mass is 10.0. The fourth-order valence-electron chi connectivity index (χ4n) is 5.76. The molecule has 3 saturated heterocycles. The molecular weight excluding hydrogens is 406 g/mol. The highest BCUT2D eigenvalue weighted by molar-refractivity contribution is 5.76. The molecule has 0 bridgehead atoms. The summed E-state index contributed by atoms with van der Waals surface area (Å²) in [5, 5.41) is 3.37. The van der Waals surface area contributed by atoms with E-state index in [2.05, 4.69) is 10.00 Å². The maximum atomic E-state index is 13.3. The Bertz CT molecular complexity index is 1020. The highest BCUT2D eigenvalue weighted by atomic mass is 16.5. The van der Waals surface area contributed by atoms with Crippen molar-refractivity contribution in [3.63, 3.8) is 0 Å². The summed E-state index contributed by atoms with van der Waals surface area (Å²) in [6, 6.07) is 2.88. The summed E-state index contributed by atoms with van der Waals surface area (Å²) >= 11 is 0. The topological polar surface area (TPSA) is 82.9 Å². The van der Waals surface area contributed by atoms with E-state index >= 15 is 0 Å². The van der Waals surface area contributed by atoms with Crippen LogP contribution in [0, 0.1) is 6.92 Å². The van der Waals surface area contributed by atoms with Crippen molar-refractivity contribution in [3.8, 4) is 0 Å². The van der Waals surface area contributed by atoms with E-state index in [9.17, 15) is 9.59 Å². The molecule has 0 saturated carbocycles. The number of hydrogen-bond acceptors (Lipinski definition) is 5. The average Bonchev–Trinajstić information content (AvgIpc) is 3.47. The van der Waals surface area contributed by atoms with Gasteiger partial charge >= 0.3 is 0 Å². The van der Waals surface area contributed by atoms with Crippen LogP contribution in [-0.4, -0.2) is 69.2 Å². The summed E-state index contributed by atoms with van der Waals surface area (Å²) in [6.07, 6.45) is 8.59. The molecule has 5 heterocycles. The molecule has 2 aromatic rings. The molecule has 0 unspecified atom stereocenters. The van der Waals surface area contributed by atoms with Crippen molar-refractivity contribution in [1.82, 2.24) is 24.4 Å². The fourth-order valence-corrected chi connectivity index (χ4v) is 5.76. The van der Waals surface area contributed by atoms with E-state index in [0.717, 1.165) is 76.3 Å². The van der Waals surface area contributed by atoms with E-state index in [1.54, 1.807) is 4.52 Å². The highest BCUT2D eigenvalue weighted by Gasteiger charge is 2.34. The predicted octanol–water partition coefficient (Wildman–Crippen LogP) is 2.59. The van der Waals surface area contributed by atoms with Gasteiger partial charge in [-0.15, -0.1) is 0 Å². The van der Waals surface area contributed by atoms with E-state index in [0.29, 0.717) is 36.1 Å². The van der Waals surface area contributed by atoms with Gasteiger partial charge in [0.2, 0.25) is 5.91 Å². The third kappa shape index (κ3) is 4.22. The van der Waals surface area contributed by atoms with E-state index in [4.69, 9.17) is 9.72 Å². The van der Waals surface area contributed by atoms with Crippen LogP contribution >= 0.6 is 0 Å². The number of aromatic nitrogens is 3.